The van der Waals surface area contributed by atoms with Crippen LogP contribution in [0.5, 0.6) is 0 Å². The van der Waals surface area contributed by atoms with Gasteiger partial charge in [0, 0.05) is 56.2 Å². The van der Waals surface area contributed by atoms with Crippen molar-refractivity contribution in [2.45, 2.75) is 67.8 Å². The number of aromatic nitrogens is 4. The standard InChI is InChI=1S/C24H26ClF3N6O5S2.C23H29ClFN5O5S2/c1-40(35,36)33-13-18(14-33)32-8-6-19(7-9-32)41(37,38)34(17-4-5-21(26)20(25)10-17)12-16-3-2-15(11-29-16)23-30-31-24(39-23)22(27)28;1-36(32,33)29-14-19(15-29)28-8-6-20(7-9-28)37(34,35)30(18-4-5-22(25)21(24)10-18)13-17-3-2-16(12-27-17)23(31)11-26/h2-5,10-11,18-19,22H,6-9,12-14H2,1H3;2-5,10,12,19-20H,6-9,11,13-15,26H2,1H3. The summed E-state index contributed by atoms with van der Waals surface area (Å²) in [6, 6.07) is 13.6. The van der Waals surface area contributed by atoms with E-state index in [0.717, 1.165) is 22.7 Å². The van der Waals surface area contributed by atoms with Gasteiger partial charge in [-0.05, 0) is 113 Å². The van der Waals surface area contributed by atoms with Crippen LogP contribution in [-0.2, 0) is 53.2 Å². The summed E-state index contributed by atoms with van der Waals surface area (Å²) < 4.78 is 166. The molecule has 78 heavy (non-hydrogen) atoms. The first kappa shape index (κ1) is 59.2. The molecule has 0 spiro atoms. The molecule has 4 aliphatic heterocycles. The van der Waals surface area contributed by atoms with E-state index in [1.807, 2.05) is 0 Å². The zero-order valence-corrected chi connectivity index (χ0v) is 46.7. The third-order valence-electron chi connectivity index (χ3n) is 14.1. The van der Waals surface area contributed by atoms with Crippen LogP contribution >= 0.6 is 23.2 Å². The number of anilines is 2. The highest BCUT2D eigenvalue weighted by molar-refractivity contribution is 7.93. The molecule has 2 aromatic carbocycles. The van der Waals surface area contributed by atoms with Crippen LogP contribution in [0.3, 0.4) is 0 Å². The van der Waals surface area contributed by atoms with Gasteiger partial charge in [0.25, 0.3) is 5.89 Å². The zero-order chi connectivity index (χ0) is 56.5. The molecule has 424 valence electrons. The molecular formula is C47H55Cl2F4N11O10S4. The number of piperidine rings is 2. The Balaban J connectivity index is 0.000000207. The van der Waals surface area contributed by atoms with Crippen molar-refractivity contribution < 1.29 is 60.4 Å². The predicted molar refractivity (Wildman–Crippen MR) is 283 cm³/mol. The van der Waals surface area contributed by atoms with Gasteiger partial charge in [0.1, 0.15) is 11.6 Å². The number of carbonyl (C=O) groups excluding carboxylic acids is 1. The Kier molecular flexibility index (Phi) is 18.2. The van der Waals surface area contributed by atoms with Crippen molar-refractivity contribution in [1.82, 2.24) is 38.6 Å². The lowest BCUT2D eigenvalue weighted by atomic mass is 10.0. The minimum absolute atomic E-state index is 0.0405. The maximum absolute atomic E-state index is 13.9. The molecule has 31 heteroatoms. The summed E-state index contributed by atoms with van der Waals surface area (Å²) in [5.74, 6) is -2.64. The quantitative estimate of drug-likeness (QED) is 0.0915. The third kappa shape index (κ3) is 13.6. The topological polar surface area (TPSA) is 264 Å². The molecule has 0 saturated carbocycles. The van der Waals surface area contributed by atoms with Crippen molar-refractivity contribution in [3.05, 3.63) is 118 Å². The van der Waals surface area contributed by atoms with Crippen LogP contribution < -0.4 is 14.3 Å². The number of nitrogens with two attached hydrogens (primary N) is 1. The highest BCUT2D eigenvalue weighted by Crippen LogP contribution is 2.35. The van der Waals surface area contributed by atoms with Crippen molar-refractivity contribution in [2.24, 2.45) is 5.73 Å². The number of alkyl halides is 2. The van der Waals surface area contributed by atoms with E-state index in [1.165, 1.54) is 74.0 Å². The van der Waals surface area contributed by atoms with Crippen molar-refractivity contribution >= 4 is 80.5 Å². The van der Waals surface area contributed by atoms with Crippen molar-refractivity contribution in [3.63, 3.8) is 0 Å². The molecule has 4 aliphatic rings. The lowest BCUT2D eigenvalue weighted by Crippen LogP contribution is -2.62. The molecule has 0 bridgehead atoms. The summed E-state index contributed by atoms with van der Waals surface area (Å²) in [6.07, 6.45) is 3.43. The largest absolute Gasteiger partial charge is 0.415 e. The van der Waals surface area contributed by atoms with Crippen LogP contribution in [0, 0.1) is 11.6 Å². The van der Waals surface area contributed by atoms with Gasteiger partial charge >= 0.3 is 6.43 Å². The SMILES string of the molecule is CS(=O)(=O)N1CC(N2CCC(S(=O)(=O)N(Cc3ccc(-c4nnc(C(F)F)o4)cn3)c3ccc(F)c(Cl)c3)CC2)C1.CS(=O)(=O)N1CC(N2CCC(S(=O)(=O)N(Cc3ccc(C(=O)CN)cn3)c3ccc(F)c(Cl)c3)CC2)C1. The summed E-state index contributed by atoms with van der Waals surface area (Å²) in [7, 11) is -14.4. The second kappa shape index (κ2) is 24.0. The second-order valence-electron chi connectivity index (χ2n) is 19.2. The summed E-state index contributed by atoms with van der Waals surface area (Å²) >= 11 is 12.0. The van der Waals surface area contributed by atoms with Gasteiger partial charge < -0.3 is 10.2 Å². The number of likely N-dealkylation sites (tertiary alicyclic amines) is 2. The molecular weight excluding hydrogens is 1150 g/mol. The van der Waals surface area contributed by atoms with E-state index in [4.69, 9.17) is 33.4 Å². The first-order valence-corrected chi connectivity index (χ1v) is 31.8. The third-order valence-corrected chi connectivity index (χ3v) is 21.7. The molecule has 4 saturated heterocycles. The van der Waals surface area contributed by atoms with E-state index in [1.54, 1.807) is 6.07 Å². The van der Waals surface area contributed by atoms with Crippen LogP contribution in [0.2, 0.25) is 10.0 Å². The fraction of sp³-hybridized carbons (Fsp3) is 0.468. The number of halogens is 6. The maximum atomic E-state index is 13.9. The number of sulfonamides is 4. The molecule has 0 radical (unpaired) electrons. The number of rotatable bonds is 18. The number of hydrogen-bond acceptors (Lipinski definition) is 17. The average molecular weight is 1210 g/mol. The lowest BCUT2D eigenvalue weighted by Gasteiger charge is -2.46. The van der Waals surface area contributed by atoms with E-state index in [-0.39, 0.29) is 70.4 Å². The molecule has 7 heterocycles. The normalized spacial score (nSPS) is 18.3. The number of benzene rings is 2. The predicted octanol–water partition coefficient (Wildman–Crippen LogP) is 4.77. The minimum atomic E-state index is -3.99. The zero-order valence-electron chi connectivity index (χ0n) is 42.0. The van der Waals surface area contributed by atoms with E-state index in [9.17, 15) is 56.0 Å². The Bertz CT molecular complexity index is 3420. The Labute approximate surface area is 459 Å². The number of hydrogen-bond donors (Lipinski definition) is 1. The molecule has 0 atom stereocenters. The van der Waals surface area contributed by atoms with E-state index in [2.05, 4.69) is 30.0 Å². The molecule has 5 aromatic rings. The molecule has 0 unspecified atom stereocenters. The van der Waals surface area contributed by atoms with Crippen LogP contribution in [0.1, 0.15) is 59.7 Å². The van der Waals surface area contributed by atoms with Crippen molar-refractivity contribution in [1.29, 1.82) is 0 Å². The number of ketones is 1. The summed E-state index contributed by atoms with van der Waals surface area (Å²) in [6.45, 7) is 3.05. The Morgan fingerprint density at radius 2 is 1.10 bits per heavy atom. The molecule has 0 aliphatic carbocycles. The fourth-order valence-corrected chi connectivity index (χ4v) is 15.3. The lowest BCUT2D eigenvalue weighted by molar-refractivity contribution is 0.0728. The van der Waals surface area contributed by atoms with Crippen LogP contribution in [0.15, 0.2) is 77.5 Å². The Morgan fingerprint density at radius 3 is 1.45 bits per heavy atom. The second-order valence-corrected chi connectivity index (χ2v) is 28.2. The van der Waals surface area contributed by atoms with Gasteiger partial charge in [-0.3, -0.25) is 33.2 Å². The van der Waals surface area contributed by atoms with Gasteiger partial charge in [0.05, 0.1) is 81.0 Å². The summed E-state index contributed by atoms with van der Waals surface area (Å²) in [5.41, 5.74) is 7.06. The first-order valence-electron chi connectivity index (χ1n) is 24.3. The van der Waals surface area contributed by atoms with E-state index < -0.39 is 74.5 Å². The molecule has 9 rings (SSSR count). The number of carbonyl (C=O) groups is 1. The molecule has 0 amide bonds. The summed E-state index contributed by atoms with van der Waals surface area (Å²) in [5, 5.41) is 4.97. The Hall–Kier alpha value is -4.95. The smallest absolute Gasteiger partial charge is 0.314 e. The van der Waals surface area contributed by atoms with E-state index in [0.29, 0.717) is 95.0 Å². The van der Waals surface area contributed by atoms with Crippen LogP contribution in [0.25, 0.3) is 11.5 Å². The first-order chi connectivity index (χ1) is 36.7. The highest BCUT2D eigenvalue weighted by Gasteiger charge is 2.43. The maximum Gasteiger partial charge on any atom is 0.314 e. The monoisotopic (exact) mass is 1210 g/mol. The molecule has 2 N–H and O–H groups in total. The molecule has 4 fully saturated rings. The number of pyridine rings is 2. The number of nitrogens with zero attached hydrogens (tertiary/aromatic N) is 10. The van der Waals surface area contributed by atoms with Gasteiger partial charge in [-0.1, -0.05) is 23.2 Å². The average Bonchev–Trinajstić information content (AvgIpc) is 3.89. The van der Waals surface area contributed by atoms with E-state index >= 15 is 0 Å². The van der Waals surface area contributed by atoms with Crippen LogP contribution in [-0.4, -0.2) is 172 Å². The fourth-order valence-electron chi connectivity index (χ4n) is 9.39. The highest BCUT2D eigenvalue weighted by atomic mass is 35.5. The van der Waals surface area contributed by atoms with Gasteiger partial charge in [-0.25, -0.2) is 42.5 Å². The number of Topliss-reactive ketones (excluding diaryl/α,β-unsaturated/α-hetero) is 1. The van der Waals surface area contributed by atoms with Crippen molar-refractivity contribution in [3.8, 4) is 11.5 Å². The van der Waals surface area contributed by atoms with Gasteiger partial charge in [-0.2, -0.15) is 17.4 Å². The van der Waals surface area contributed by atoms with Crippen LogP contribution in [0.4, 0.5) is 28.9 Å². The Morgan fingerprint density at radius 1 is 0.667 bits per heavy atom. The van der Waals surface area contributed by atoms with Gasteiger partial charge in [0.2, 0.25) is 46.0 Å². The van der Waals surface area contributed by atoms with Crippen molar-refractivity contribution in [2.75, 3.05) is 80.0 Å². The minimum Gasteiger partial charge on any atom is -0.415 e. The molecule has 21 nitrogen and oxygen atoms in total. The summed E-state index contributed by atoms with van der Waals surface area (Å²) in [4.78, 5) is 24.5. The molecule has 3 aromatic heterocycles. The van der Waals surface area contributed by atoms with Gasteiger partial charge in [0.15, 0.2) is 5.78 Å². The van der Waals surface area contributed by atoms with Gasteiger partial charge in [-0.15, -0.1) is 10.2 Å².